The van der Waals surface area contributed by atoms with Gasteiger partial charge >= 0.3 is 0 Å². The first-order valence-corrected chi connectivity index (χ1v) is 7.97. The van der Waals surface area contributed by atoms with Gasteiger partial charge in [0, 0.05) is 28.8 Å². The number of nitrogens with zero attached hydrogens (tertiary/aromatic N) is 1. The lowest BCUT2D eigenvalue weighted by atomic mass is 9.83. The molecule has 0 saturated heterocycles. The van der Waals surface area contributed by atoms with E-state index in [0.717, 1.165) is 11.1 Å². The maximum atomic E-state index is 11.0. The summed E-state index contributed by atoms with van der Waals surface area (Å²) in [6, 6.07) is 24.6. The topological polar surface area (TPSA) is 52.4 Å². The highest BCUT2D eigenvalue weighted by molar-refractivity contribution is 5.66. The highest BCUT2D eigenvalue weighted by atomic mass is 16.6. The zero-order chi connectivity index (χ0) is 17.3. The number of rotatable bonds is 3. The fraction of sp³-hybridized carbons (Fsp3) is 0.0476. The third kappa shape index (κ3) is 2.58. The number of hydrogen-bond donors (Lipinski definition) is 0. The van der Waals surface area contributed by atoms with Crippen LogP contribution in [0.25, 0.3) is 6.08 Å². The van der Waals surface area contributed by atoms with Crippen molar-refractivity contribution in [2.24, 2.45) is 0 Å². The Morgan fingerprint density at radius 2 is 1.44 bits per heavy atom. The molecule has 0 fully saturated rings. The Hall–Kier alpha value is -3.40. The molecular weight excluding hydrogens is 314 g/mol. The summed E-state index contributed by atoms with van der Waals surface area (Å²) in [7, 11) is 0. The van der Waals surface area contributed by atoms with Crippen LogP contribution in [0.5, 0.6) is 5.75 Å². The maximum Gasteiger partial charge on any atom is 0.270 e. The molecule has 3 aromatic carbocycles. The Balaban J connectivity index is 1.88. The second-order valence-corrected chi connectivity index (χ2v) is 5.88. The van der Waals surface area contributed by atoms with Gasteiger partial charge in [-0.15, -0.1) is 0 Å². The monoisotopic (exact) mass is 329 g/mol. The van der Waals surface area contributed by atoms with E-state index in [9.17, 15) is 10.1 Å². The molecular formula is C21H15NO3. The largest absolute Gasteiger partial charge is 0.473 e. The summed E-state index contributed by atoms with van der Waals surface area (Å²) in [6.07, 6.45) is 3.86. The van der Waals surface area contributed by atoms with Crippen molar-refractivity contribution in [3.05, 3.63) is 112 Å². The maximum absolute atomic E-state index is 11.0. The van der Waals surface area contributed by atoms with Gasteiger partial charge in [-0.2, -0.15) is 0 Å². The zero-order valence-electron chi connectivity index (χ0n) is 13.3. The first kappa shape index (κ1) is 15.1. The molecule has 1 heterocycles. The fourth-order valence-corrected chi connectivity index (χ4v) is 3.14. The third-order valence-corrected chi connectivity index (χ3v) is 4.38. The van der Waals surface area contributed by atoms with Crippen molar-refractivity contribution in [3.63, 3.8) is 0 Å². The summed E-state index contributed by atoms with van der Waals surface area (Å²) in [6.45, 7) is 0. The van der Waals surface area contributed by atoms with Gasteiger partial charge in [0.15, 0.2) is 5.60 Å². The van der Waals surface area contributed by atoms with E-state index in [1.165, 1.54) is 12.1 Å². The second kappa shape index (κ2) is 5.91. The average Bonchev–Trinajstić information content (AvgIpc) is 2.68. The van der Waals surface area contributed by atoms with Gasteiger partial charge in [-0.1, -0.05) is 66.7 Å². The van der Waals surface area contributed by atoms with Gasteiger partial charge < -0.3 is 4.74 Å². The molecule has 0 aromatic heterocycles. The molecule has 1 aliphatic rings. The second-order valence-electron chi connectivity index (χ2n) is 5.88. The van der Waals surface area contributed by atoms with E-state index in [-0.39, 0.29) is 5.69 Å². The Labute approximate surface area is 145 Å². The molecule has 0 N–H and O–H groups in total. The minimum absolute atomic E-state index is 0.0546. The molecule has 0 atom stereocenters. The molecule has 25 heavy (non-hydrogen) atoms. The Bertz CT molecular complexity index is 910. The van der Waals surface area contributed by atoms with E-state index >= 15 is 0 Å². The van der Waals surface area contributed by atoms with Crippen molar-refractivity contribution in [1.82, 2.24) is 0 Å². The summed E-state index contributed by atoms with van der Waals surface area (Å²) in [5.74, 6) is 0.626. The van der Waals surface area contributed by atoms with Gasteiger partial charge in [-0.3, -0.25) is 10.1 Å². The van der Waals surface area contributed by atoms with E-state index < -0.39 is 10.5 Å². The number of nitro benzene ring substituents is 1. The smallest absolute Gasteiger partial charge is 0.270 e. The van der Waals surface area contributed by atoms with Gasteiger partial charge in [-0.05, 0) is 12.1 Å². The van der Waals surface area contributed by atoms with Crippen LogP contribution < -0.4 is 4.74 Å². The Kier molecular flexibility index (Phi) is 3.58. The van der Waals surface area contributed by atoms with E-state index in [1.54, 1.807) is 6.07 Å². The van der Waals surface area contributed by atoms with Crippen LogP contribution in [0, 0.1) is 10.1 Å². The lowest BCUT2D eigenvalue weighted by Gasteiger charge is -2.36. The molecule has 3 aromatic rings. The Morgan fingerprint density at radius 3 is 2.00 bits per heavy atom. The number of hydrogen-bond acceptors (Lipinski definition) is 3. The van der Waals surface area contributed by atoms with Crippen LogP contribution >= 0.6 is 0 Å². The van der Waals surface area contributed by atoms with E-state index in [1.807, 2.05) is 72.8 Å². The molecule has 4 nitrogen and oxygen atoms in total. The van der Waals surface area contributed by atoms with Crippen LogP contribution in [0.3, 0.4) is 0 Å². The van der Waals surface area contributed by atoms with Gasteiger partial charge in [0.05, 0.1) is 4.92 Å². The molecule has 0 amide bonds. The van der Waals surface area contributed by atoms with E-state index in [4.69, 9.17) is 4.74 Å². The first-order chi connectivity index (χ1) is 12.2. The molecule has 122 valence electrons. The van der Waals surface area contributed by atoms with Crippen molar-refractivity contribution < 1.29 is 9.66 Å². The van der Waals surface area contributed by atoms with Crippen LogP contribution in [0.1, 0.15) is 16.7 Å². The number of nitro groups is 1. The van der Waals surface area contributed by atoms with Gasteiger partial charge in [0.1, 0.15) is 5.75 Å². The molecule has 0 saturated carbocycles. The van der Waals surface area contributed by atoms with Crippen LogP contribution in [-0.4, -0.2) is 4.92 Å². The zero-order valence-corrected chi connectivity index (χ0v) is 13.3. The first-order valence-electron chi connectivity index (χ1n) is 7.97. The van der Waals surface area contributed by atoms with Gasteiger partial charge in [0.2, 0.25) is 0 Å². The number of ether oxygens (including phenoxy) is 1. The normalized spacial score (nSPS) is 14.4. The number of fused-ring (bicyclic) bond motifs is 1. The van der Waals surface area contributed by atoms with Gasteiger partial charge in [-0.25, -0.2) is 0 Å². The van der Waals surface area contributed by atoms with Crippen LogP contribution in [0.15, 0.2) is 84.9 Å². The number of benzene rings is 3. The molecule has 0 spiro atoms. The standard InChI is InChI=1S/C21H15NO3/c23-22(24)19-11-12-20-16(15-19)13-14-21(25-20,17-7-3-1-4-8-17)18-9-5-2-6-10-18/h1-15H. The van der Waals surface area contributed by atoms with Crippen molar-refractivity contribution in [2.45, 2.75) is 5.60 Å². The lowest BCUT2D eigenvalue weighted by Crippen LogP contribution is -2.34. The van der Waals surface area contributed by atoms with Crippen molar-refractivity contribution in [1.29, 1.82) is 0 Å². The summed E-state index contributed by atoms with van der Waals surface area (Å²) in [5.41, 5.74) is 2.00. The SMILES string of the molecule is O=[N+]([O-])c1ccc2c(c1)C=CC(c1ccccc1)(c1ccccc1)O2. The minimum Gasteiger partial charge on any atom is -0.473 e. The predicted octanol–water partition coefficient (Wildman–Crippen LogP) is 4.94. The summed E-state index contributed by atoms with van der Waals surface area (Å²) >= 11 is 0. The lowest BCUT2D eigenvalue weighted by molar-refractivity contribution is -0.384. The van der Waals surface area contributed by atoms with Crippen molar-refractivity contribution in [2.75, 3.05) is 0 Å². The predicted molar refractivity (Wildman–Crippen MR) is 96.4 cm³/mol. The average molecular weight is 329 g/mol. The van der Waals surface area contributed by atoms with E-state index in [0.29, 0.717) is 11.3 Å². The highest BCUT2D eigenvalue weighted by Gasteiger charge is 2.37. The van der Waals surface area contributed by atoms with Crippen molar-refractivity contribution in [3.8, 4) is 5.75 Å². The molecule has 4 rings (SSSR count). The van der Waals surface area contributed by atoms with E-state index in [2.05, 4.69) is 0 Å². The quantitative estimate of drug-likeness (QED) is 0.505. The summed E-state index contributed by atoms with van der Waals surface area (Å²) in [5, 5.41) is 11.0. The molecule has 0 bridgehead atoms. The third-order valence-electron chi connectivity index (χ3n) is 4.38. The fourth-order valence-electron chi connectivity index (χ4n) is 3.14. The van der Waals surface area contributed by atoms with Gasteiger partial charge in [0.25, 0.3) is 5.69 Å². The molecule has 0 radical (unpaired) electrons. The Morgan fingerprint density at radius 1 is 0.840 bits per heavy atom. The molecule has 0 unspecified atom stereocenters. The highest BCUT2D eigenvalue weighted by Crippen LogP contribution is 2.42. The van der Waals surface area contributed by atoms with Crippen molar-refractivity contribution >= 4 is 11.8 Å². The molecule has 0 aliphatic carbocycles. The molecule has 1 aliphatic heterocycles. The van der Waals surface area contributed by atoms with Crippen LogP contribution in [0.2, 0.25) is 0 Å². The summed E-state index contributed by atoms with van der Waals surface area (Å²) < 4.78 is 6.42. The van der Waals surface area contributed by atoms with Crippen LogP contribution in [0.4, 0.5) is 5.69 Å². The van der Waals surface area contributed by atoms with Crippen LogP contribution in [-0.2, 0) is 5.60 Å². The number of non-ortho nitro benzene ring substituents is 1. The summed E-state index contributed by atoms with van der Waals surface area (Å²) in [4.78, 5) is 10.6. The minimum atomic E-state index is -0.758. The molecule has 4 heteroatoms.